The van der Waals surface area contributed by atoms with Crippen LogP contribution in [0.5, 0.6) is 0 Å². The first kappa shape index (κ1) is 24.3. The van der Waals surface area contributed by atoms with Crippen LogP contribution in [0.25, 0.3) is 0 Å². The molecular formula is C25H25FN4O4S. The predicted octanol–water partition coefficient (Wildman–Crippen LogP) is 3.82. The van der Waals surface area contributed by atoms with E-state index in [1.54, 1.807) is 29.3 Å². The van der Waals surface area contributed by atoms with Crippen molar-refractivity contribution >= 4 is 33.3 Å². The van der Waals surface area contributed by atoms with E-state index in [9.17, 15) is 22.4 Å². The highest BCUT2D eigenvalue weighted by Crippen LogP contribution is 2.25. The predicted molar refractivity (Wildman–Crippen MR) is 130 cm³/mol. The fraction of sp³-hybridized carbons (Fsp3) is 0.240. The number of likely N-dealkylation sites (tertiary alicyclic amines) is 1. The van der Waals surface area contributed by atoms with E-state index < -0.39 is 21.8 Å². The zero-order valence-electron chi connectivity index (χ0n) is 19.1. The van der Waals surface area contributed by atoms with Gasteiger partial charge in [0.05, 0.1) is 22.1 Å². The number of hydrogen-bond donors (Lipinski definition) is 2. The van der Waals surface area contributed by atoms with Gasteiger partial charge in [-0.25, -0.2) is 17.8 Å². The maximum atomic E-state index is 13.4. The molecule has 0 bridgehead atoms. The lowest BCUT2D eigenvalue weighted by Crippen LogP contribution is -2.44. The lowest BCUT2D eigenvalue weighted by atomic mass is 9.96. The fourth-order valence-electron chi connectivity index (χ4n) is 3.96. The summed E-state index contributed by atoms with van der Waals surface area (Å²) in [6.07, 6.45) is 2.86. The van der Waals surface area contributed by atoms with E-state index in [4.69, 9.17) is 0 Å². The second-order valence-electron chi connectivity index (χ2n) is 8.35. The van der Waals surface area contributed by atoms with Crippen LogP contribution in [-0.4, -0.2) is 43.2 Å². The molecule has 1 atom stereocenters. The number of sulfonamides is 1. The molecule has 1 aliphatic heterocycles. The molecule has 1 unspecified atom stereocenters. The summed E-state index contributed by atoms with van der Waals surface area (Å²) in [5.74, 6) is -1.08. The van der Waals surface area contributed by atoms with Gasteiger partial charge in [-0.1, -0.05) is 18.2 Å². The highest BCUT2D eigenvalue weighted by molar-refractivity contribution is 7.92. The molecule has 8 nitrogen and oxygen atoms in total. The number of piperidine rings is 1. The third kappa shape index (κ3) is 5.65. The number of benzene rings is 2. The third-order valence-electron chi connectivity index (χ3n) is 5.86. The third-order valence-corrected chi connectivity index (χ3v) is 7.24. The number of nitrogens with one attached hydrogen (secondary N) is 2. The number of nitrogens with zero attached hydrogens (tertiary/aromatic N) is 2. The highest BCUT2D eigenvalue weighted by atomic mass is 32.2. The van der Waals surface area contributed by atoms with Gasteiger partial charge < -0.3 is 10.2 Å². The van der Waals surface area contributed by atoms with Crippen LogP contribution >= 0.6 is 0 Å². The molecule has 1 fully saturated rings. The Kier molecular flexibility index (Phi) is 7.11. The van der Waals surface area contributed by atoms with E-state index in [0.29, 0.717) is 25.2 Å². The Balaban J connectivity index is 1.50. The molecule has 2 amide bonds. The molecule has 1 aliphatic rings. The highest BCUT2D eigenvalue weighted by Gasteiger charge is 2.30. The number of aromatic nitrogens is 1. The number of hydrogen-bond acceptors (Lipinski definition) is 5. The van der Waals surface area contributed by atoms with Crippen molar-refractivity contribution in [3.05, 3.63) is 83.8 Å². The van der Waals surface area contributed by atoms with Crippen LogP contribution in [0.15, 0.2) is 71.8 Å². The standard InChI is InChI=1S/C25H25FN4O4S/c1-17-6-4-14-27-23(17)28-24(31)18-7-5-15-30(16-18)25(32)21-8-2-3-9-22(21)29-35(33,34)20-12-10-19(26)11-13-20/h2-4,6,8-14,18,29H,5,7,15-16H2,1H3,(H,27,28,31). The SMILES string of the molecule is Cc1cccnc1NC(=O)C1CCCN(C(=O)c2ccccc2NS(=O)(=O)c2ccc(F)cc2)C1. The summed E-state index contributed by atoms with van der Waals surface area (Å²) < 4.78 is 41.2. The van der Waals surface area contributed by atoms with Gasteiger partial charge in [0.15, 0.2) is 0 Å². The molecule has 182 valence electrons. The number of amides is 2. The van der Waals surface area contributed by atoms with Crippen LogP contribution in [0.2, 0.25) is 0 Å². The van der Waals surface area contributed by atoms with Gasteiger partial charge in [0.1, 0.15) is 11.6 Å². The summed E-state index contributed by atoms with van der Waals surface area (Å²) in [6, 6.07) is 14.3. The van der Waals surface area contributed by atoms with Crippen molar-refractivity contribution in [1.82, 2.24) is 9.88 Å². The molecule has 10 heteroatoms. The molecule has 0 spiro atoms. The Labute approximate surface area is 203 Å². The molecule has 1 aromatic heterocycles. The minimum absolute atomic E-state index is 0.109. The lowest BCUT2D eigenvalue weighted by Gasteiger charge is -2.32. The first-order valence-corrected chi connectivity index (χ1v) is 12.6. The largest absolute Gasteiger partial charge is 0.338 e. The molecule has 0 aliphatic carbocycles. The zero-order valence-corrected chi connectivity index (χ0v) is 19.9. The van der Waals surface area contributed by atoms with Gasteiger partial charge in [-0.15, -0.1) is 0 Å². The van der Waals surface area contributed by atoms with E-state index in [0.717, 1.165) is 29.8 Å². The first-order chi connectivity index (χ1) is 16.7. The fourth-order valence-corrected chi connectivity index (χ4v) is 5.04. The van der Waals surface area contributed by atoms with Gasteiger partial charge in [-0.05, 0) is 67.8 Å². The molecule has 0 radical (unpaired) electrons. The summed E-state index contributed by atoms with van der Waals surface area (Å²) in [5.41, 5.74) is 1.12. The van der Waals surface area contributed by atoms with Crippen molar-refractivity contribution in [2.75, 3.05) is 23.1 Å². The second-order valence-corrected chi connectivity index (χ2v) is 10.0. The van der Waals surface area contributed by atoms with Gasteiger partial charge in [0, 0.05) is 19.3 Å². The van der Waals surface area contributed by atoms with Gasteiger partial charge in [0.2, 0.25) is 5.91 Å². The van der Waals surface area contributed by atoms with E-state index in [-0.39, 0.29) is 34.5 Å². The van der Waals surface area contributed by atoms with E-state index in [2.05, 4.69) is 15.0 Å². The van der Waals surface area contributed by atoms with E-state index in [1.807, 2.05) is 13.0 Å². The molecule has 35 heavy (non-hydrogen) atoms. The minimum atomic E-state index is -4.04. The molecule has 2 heterocycles. The van der Waals surface area contributed by atoms with Crippen molar-refractivity contribution < 1.29 is 22.4 Å². The lowest BCUT2D eigenvalue weighted by molar-refractivity contribution is -0.121. The zero-order chi connectivity index (χ0) is 25.0. The van der Waals surface area contributed by atoms with Crippen LogP contribution in [0.4, 0.5) is 15.9 Å². The van der Waals surface area contributed by atoms with Crippen LogP contribution in [0.1, 0.15) is 28.8 Å². The monoisotopic (exact) mass is 496 g/mol. The summed E-state index contributed by atoms with van der Waals surface area (Å²) >= 11 is 0. The maximum Gasteiger partial charge on any atom is 0.261 e. The van der Waals surface area contributed by atoms with Gasteiger partial charge in [0.25, 0.3) is 15.9 Å². The number of carbonyl (C=O) groups excluding carboxylic acids is 2. The number of halogens is 1. The number of aryl methyl sites for hydroxylation is 1. The number of anilines is 2. The molecule has 4 rings (SSSR count). The van der Waals surface area contributed by atoms with Gasteiger partial charge in [-0.3, -0.25) is 14.3 Å². The van der Waals surface area contributed by atoms with Crippen LogP contribution in [0.3, 0.4) is 0 Å². The Morgan fingerprint density at radius 2 is 1.80 bits per heavy atom. The van der Waals surface area contributed by atoms with Crippen LogP contribution in [0, 0.1) is 18.7 Å². The summed E-state index contributed by atoms with van der Waals surface area (Å²) in [5, 5.41) is 2.84. The second kappa shape index (κ2) is 10.2. The molecule has 2 aromatic carbocycles. The first-order valence-electron chi connectivity index (χ1n) is 11.1. The molecule has 3 aromatic rings. The Bertz CT molecular complexity index is 1350. The summed E-state index contributed by atoms with van der Waals surface area (Å²) in [7, 11) is -4.04. The van der Waals surface area contributed by atoms with Crippen LogP contribution in [-0.2, 0) is 14.8 Å². The number of carbonyl (C=O) groups is 2. The Hall–Kier alpha value is -3.79. The number of rotatable bonds is 6. The summed E-state index contributed by atoms with van der Waals surface area (Å²) in [4.78, 5) is 31.8. The Morgan fingerprint density at radius 3 is 2.54 bits per heavy atom. The van der Waals surface area contributed by atoms with Crippen molar-refractivity contribution in [3.63, 3.8) is 0 Å². The van der Waals surface area contributed by atoms with Gasteiger partial charge >= 0.3 is 0 Å². The normalized spacial score (nSPS) is 15.9. The van der Waals surface area contributed by atoms with Crippen molar-refractivity contribution in [2.24, 2.45) is 5.92 Å². The smallest absolute Gasteiger partial charge is 0.261 e. The molecule has 0 saturated carbocycles. The van der Waals surface area contributed by atoms with Crippen molar-refractivity contribution in [2.45, 2.75) is 24.7 Å². The average Bonchev–Trinajstić information content (AvgIpc) is 2.85. The number of pyridine rings is 1. The quantitative estimate of drug-likeness (QED) is 0.539. The average molecular weight is 497 g/mol. The van der Waals surface area contributed by atoms with Crippen molar-refractivity contribution in [1.29, 1.82) is 0 Å². The van der Waals surface area contributed by atoms with Crippen molar-refractivity contribution in [3.8, 4) is 0 Å². The minimum Gasteiger partial charge on any atom is -0.338 e. The van der Waals surface area contributed by atoms with E-state index in [1.165, 1.54) is 12.1 Å². The topological polar surface area (TPSA) is 108 Å². The van der Waals surface area contributed by atoms with Crippen LogP contribution < -0.4 is 10.0 Å². The maximum absolute atomic E-state index is 13.4. The molecule has 1 saturated heterocycles. The summed E-state index contributed by atoms with van der Waals surface area (Å²) in [6.45, 7) is 2.50. The van der Waals surface area contributed by atoms with E-state index >= 15 is 0 Å². The Morgan fingerprint density at radius 1 is 1.06 bits per heavy atom. The molecular weight excluding hydrogens is 471 g/mol. The molecule has 2 N–H and O–H groups in total. The van der Waals surface area contributed by atoms with Gasteiger partial charge in [-0.2, -0.15) is 0 Å². The number of para-hydroxylation sites is 1.